The minimum Gasteiger partial charge on any atom is -0.456 e. The van der Waals surface area contributed by atoms with Crippen LogP contribution in [0, 0.1) is 10.8 Å². The minimum absolute atomic E-state index is 0.0693. The maximum absolute atomic E-state index is 13.1. The molecule has 1 aromatic rings. The molecule has 112 valence electrons. The standard InChI is InChI=1S/C18H22O3/c1-17(2)15(19)18(11-7-4-8-12-18)14(21-16(17)20)13-9-5-3-6-10-13/h3,5-6,9-10,14H,4,7-8,11-12H2,1-2H3/t14-/m0/s1. The molecule has 0 radical (unpaired) electrons. The molecule has 21 heavy (non-hydrogen) atoms. The third kappa shape index (κ3) is 2.10. The van der Waals surface area contributed by atoms with Crippen molar-refractivity contribution in [2.45, 2.75) is 52.1 Å². The predicted molar refractivity (Wildman–Crippen MR) is 79.6 cm³/mol. The van der Waals surface area contributed by atoms with Crippen LogP contribution in [-0.4, -0.2) is 11.8 Å². The summed E-state index contributed by atoms with van der Waals surface area (Å²) in [6.07, 6.45) is 4.44. The second-order valence-corrected chi connectivity index (χ2v) is 6.87. The molecule has 0 amide bonds. The van der Waals surface area contributed by atoms with Crippen molar-refractivity contribution in [3.8, 4) is 0 Å². The van der Waals surface area contributed by atoms with E-state index in [2.05, 4.69) is 0 Å². The van der Waals surface area contributed by atoms with Gasteiger partial charge < -0.3 is 4.74 Å². The first kappa shape index (κ1) is 14.3. The fraction of sp³-hybridized carbons (Fsp3) is 0.556. The van der Waals surface area contributed by atoms with E-state index in [-0.39, 0.29) is 5.78 Å². The van der Waals surface area contributed by atoms with Crippen molar-refractivity contribution in [1.29, 1.82) is 0 Å². The molecule has 1 spiro atoms. The first-order valence-corrected chi connectivity index (χ1v) is 7.79. The fourth-order valence-corrected chi connectivity index (χ4v) is 3.89. The Hall–Kier alpha value is -1.64. The summed E-state index contributed by atoms with van der Waals surface area (Å²) in [5, 5.41) is 0. The van der Waals surface area contributed by atoms with Crippen LogP contribution < -0.4 is 0 Å². The fourth-order valence-electron chi connectivity index (χ4n) is 3.89. The molecular weight excluding hydrogens is 264 g/mol. The van der Waals surface area contributed by atoms with Gasteiger partial charge in [0.05, 0.1) is 5.41 Å². The van der Waals surface area contributed by atoms with E-state index in [1.807, 2.05) is 30.3 Å². The SMILES string of the molecule is CC1(C)C(=O)O[C@@H](c2ccccc2)C2(CCCCC2)C1=O. The topological polar surface area (TPSA) is 43.4 Å². The van der Waals surface area contributed by atoms with E-state index in [4.69, 9.17) is 4.74 Å². The number of benzene rings is 1. The highest BCUT2D eigenvalue weighted by atomic mass is 16.5. The molecule has 2 aliphatic rings. The number of carbonyl (C=O) groups excluding carboxylic acids is 2. The summed E-state index contributed by atoms with van der Waals surface area (Å²) in [6.45, 7) is 3.41. The van der Waals surface area contributed by atoms with Crippen molar-refractivity contribution < 1.29 is 14.3 Å². The number of rotatable bonds is 1. The molecule has 1 heterocycles. The zero-order valence-electron chi connectivity index (χ0n) is 12.7. The lowest BCUT2D eigenvalue weighted by Crippen LogP contribution is -2.55. The molecule has 1 aliphatic heterocycles. The summed E-state index contributed by atoms with van der Waals surface area (Å²) in [5.41, 5.74) is -0.615. The van der Waals surface area contributed by atoms with Gasteiger partial charge in [0, 0.05) is 0 Å². The van der Waals surface area contributed by atoms with Crippen LogP contribution >= 0.6 is 0 Å². The summed E-state index contributed by atoms with van der Waals surface area (Å²) >= 11 is 0. The monoisotopic (exact) mass is 286 g/mol. The number of carbonyl (C=O) groups is 2. The van der Waals surface area contributed by atoms with Gasteiger partial charge in [-0.2, -0.15) is 0 Å². The molecule has 3 nitrogen and oxygen atoms in total. The lowest BCUT2D eigenvalue weighted by atomic mass is 9.59. The highest BCUT2D eigenvalue weighted by Gasteiger charge is 2.60. The zero-order valence-corrected chi connectivity index (χ0v) is 12.7. The number of ether oxygens (including phenoxy) is 1. The molecule has 0 N–H and O–H groups in total. The molecule has 1 aromatic carbocycles. The number of Topliss-reactive ketones (excluding diaryl/α,β-unsaturated/α-hetero) is 1. The summed E-state index contributed by atoms with van der Waals surface area (Å²) in [6, 6.07) is 9.72. The average Bonchev–Trinajstić information content (AvgIpc) is 2.51. The van der Waals surface area contributed by atoms with Crippen LogP contribution in [0.15, 0.2) is 30.3 Å². The third-order valence-corrected chi connectivity index (χ3v) is 5.11. The second kappa shape index (κ2) is 4.97. The Bertz CT molecular complexity index is 553. The quantitative estimate of drug-likeness (QED) is 0.582. The van der Waals surface area contributed by atoms with Gasteiger partial charge in [-0.25, -0.2) is 0 Å². The number of hydrogen-bond acceptors (Lipinski definition) is 3. The molecule has 1 saturated heterocycles. The van der Waals surface area contributed by atoms with Crippen LogP contribution in [-0.2, 0) is 14.3 Å². The maximum atomic E-state index is 13.1. The van der Waals surface area contributed by atoms with E-state index in [1.165, 1.54) is 0 Å². The Morgan fingerprint density at radius 3 is 2.24 bits per heavy atom. The summed E-state index contributed by atoms with van der Waals surface area (Å²) in [7, 11) is 0. The van der Waals surface area contributed by atoms with E-state index in [9.17, 15) is 9.59 Å². The molecule has 3 heteroatoms. The highest BCUT2D eigenvalue weighted by molar-refractivity contribution is 6.08. The average molecular weight is 286 g/mol. The van der Waals surface area contributed by atoms with Gasteiger partial charge in [0.2, 0.25) is 0 Å². The van der Waals surface area contributed by atoms with Gasteiger partial charge in [0.25, 0.3) is 0 Å². The van der Waals surface area contributed by atoms with Crippen LogP contribution in [0.1, 0.15) is 57.6 Å². The molecule has 1 atom stereocenters. The van der Waals surface area contributed by atoms with Gasteiger partial charge in [-0.3, -0.25) is 9.59 Å². The molecule has 1 aliphatic carbocycles. The Morgan fingerprint density at radius 1 is 1.00 bits per heavy atom. The van der Waals surface area contributed by atoms with E-state index in [0.29, 0.717) is 0 Å². The van der Waals surface area contributed by atoms with Gasteiger partial charge in [0.15, 0.2) is 5.78 Å². The first-order chi connectivity index (χ1) is 9.98. The lowest BCUT2D eigenvalue weighted by molar-refractivity contribution is -0.192. The van der Waals surface area contributed by atoms with Crippen LogP contribution in [0.25, 0.3) is 0 Å². The van der Waals surface area contributed by atoms with Crippen LogP contribution in [0.5, 0.6) is 0 Å². The largest absolute Gasteiger partial charge is 0.456 e. The van der Waals surface area contributed by atoms with Crippen molar-refractivity contribution in [2.24, 2.45) is 10.8 Å². The van der Waals surface area contributed by atoms with Gasteiger partial charge >= 0.3 is 5.97 Å². The number of cyclic esters (lactones) is 1. The third-order valence-electron chi connectivity index (χ3n) is 5.11. The van der Waals surface area contributed by atoms with E-state index in [1.54, 1.807) is 13.8 Å². The van der Waals surface area contributed by atoms with E-state index in [0.717, 1.165) is 37.7 Å². The minimum atomic E-state index is -1.03. The van der Waals surface area contributed by atoms with Gasteiger partial charge in [-0.15, -0.1) is 0 Å². The Kier molecular flexibility index (Phi) is 3.39. The Labute approximate surface area is 125 Å². The number of hydrogen-bond donors (Lipinski definition) is 0. The lowest BCUT2D eigenvalue weighted by Gasteiger charge is -2.49. The van der Waals surface area contributed by atoms with E-state index >= 15 is 0 Å². The number of esters is 1. The molecule has 0 bridgehead atoms. The summed E-state index contributed by atoms with van der Waals surface area (Å²) in [4.78, 5) is 25.4. The number of ketones is 1. The predicted octanol–water partition coefficient (Wildman–Crippen LogP) is 3.83. The van der Waals surface area contributed by atoms with Crippen molar-refractivity contribution in [3.63, 3.8) is 0 Å². The van der Waals surface area contributed by atoms with E-state index < -0.39 is 22.9 Å². The van der Waals surface area contributed by atoms with Crippen molar-refractivity contribution >= 4 is 11.8 Å². The smallest absolute Gasteiger partial charge is 0.319 e. The molecule has 1 saturated carbocycles. The Morgan fingerprint density at radius 2 is 1.62 bits per heavy atom. The molecule has 0 unspecified atom stereocenters. The highest BCUT2D eigenvalue weighted by Crippen LogP contribution is 2.55. The normalized spacial score (nSPS) is 27.4. The van der Waals surface area contributed by atoms with Gasteiger partial charge in [-0.05, 0) is 32.3 Å². The second-order valence-electron chi connectivity index (χ2n) is 6.87. The molecule has 0 aromatic heterocycles. The summed E-state index contributed by atoms with van der Waals surface area (Å²) in [5.74, 6) is -0.322. The van der Waals surface area contributed by atoms with Crippen LogP contribution in [0.3, 0.4) is 0 Å². The Balaban J connectivity index is 2.08. The van der Waals surface area contributed by atoms with Crippen molar-refractivity contribution in [2.75, 3.05) is 0 Å². The molecular formula is C18H22O3. The zero-order chi connectivity index (χ0) is 15.1. The van der Waals surface area contributed by atoms with Gasteiger partial charge in [0.1, 0.15) is 11.5 Å². The van der Waals surface area contributed by atoms with Crippen molar-refractivity contribution in [1.82, 2.24) is 0 Å². The first-order valence-electron chi connectivity index (χ1n) is 7.79. The van der Waals surface area contributed by atoms with Crippen LogP contribution in [0.4, 0.5) is 0 Å². The van der Waals surface area contributed by atoms with Gasteiger partial charge in [-0.1, -0.05) is 49.6 Å². The summed E-state index contributed by atoms with van der Waals surface area (Å²) < 4.78 is 5.79. The van der Waals surface area contributed by atoms with Crippen LogP contribution in [0.2, 0.25) is 0 Å². The maximum Gasteiger partial charge on any atom is 0.319 e. The van der Waals surface area contributed by atoms with Crippen molar-refractivity contribution in [3.05, 3.63) is 35.9 Å². The molecule has 2 fully saturated rings. The molecule has 3 rings (SSSR count).